The Morgan fingerprint density at radius 2 is 1.43 bits per heavy atom. The summed E-state index contributed by atoms with van der Waals surface area (Å²) in [7, 11) is -4.28. The lowest BCUT2D eigenvalue weighted by Gasteiger charge is -2.28. The summed E-state index contributed by atoms with van der Waals surface area (Å²) in [6.45, 7) is 9.29. The maximum Gasteiger partial charge on any atom is 0.303 e. The van der Waals surface area contributed by atoms with Crippen LogP contribution in [0.1, 0.15) is 47.8 Å². The van der Waals surface area contributed by atoms with Crippen LogP contribution in [0.15, 0.2) is 42.5 Å². The van der Waals surface area contributed by atoms with Crippen molar-refractivity contribution in [3.8, 4) is 0 Å². The van der Waals surface area contributed by atoms with Gasteiger partial charge in [0.15, 0.2) is 5.60 Å². The van der Waals surface area contributed by atoms with Gasteiger partial charge in [0.1, 0.15) is 0 Å². The molecule has 5 nitrogen and oxygen atoms in total. The number of hydrogen-bond donors (Lipinski definition) is 0. The summed E-state index contributed by atoms with van der Waals surface area (Å²) in [5.74, 6) is -0.687. The molecule has 2 aromatic rings. The minimum atomic E-state index is -4.28. The van der Waals surface area contributed by atoms with E-state index in [4.69, 9.17) is 4.74 Å². The van der Waals surface area contributed by atoms with E-state index in [1.807, 2.05) is 19.1 Å². The van der Waals surface area contributed by atoms with Crippen LogP contribution in [-0.2, 0) is 18.9 Å². The standard InChI is InChI=1S/C22H25O5P/c1-14-12-15(2)19(16(3)13-14)20(24)28(26,18-10-8-7-9-11-18)21(25)22(5,6)27-17(4)23/h7-13H,1-6H3. The molecular formula is C22H25O5P. The summed E-state index contributed by atoms with van der Waals surface area (Å²) < 4.78 is 19.3. The number of rotatable bonds is 6. The number of ether oxygens (including phenoxy) is 1. The summed E-state index contributed by atoms with van der Waals surface area (Å²) >= 11 is 0. The Labute approximate surface area is 165 Å². The predicted molar refractivity (Wildman–Crippen MR) is 110 cm³/mol. The van der Waals surface area contributed by atoms with Crippen LogP contribution in [0.5, 0.6) is 0 Å². The lowest BCUT2D eigenvalue weighted by Crippen LogP contribution is -2.40. The monoisotopic (exact) mass is 400 g/mol. The van der Waals surface area contributed by atoms with Gasteiger partial charge in [-0.3, -0.25) is 14.4 Å². The molecule has 0 aromatic heterocycles. The highest BCUT2D eigenvalue weighted by atomic mass is 31.2. The van der Waals surface area contributed by atoms with E-state index in [9.17, 15) is 18.9 Å². The largest absolute Gasteiger partial charge is 0.451 e. The van der Waals surface area contributed by atoms with E-state index < -0.39 is 29.8 Å². The molecular weight excluding hydrogens is 375 g/mol. The smallest absolute Gasteiger partial charge is 0.303 e. The fraction of sp³-hybridized carbons (Fsp3) is 0.318. The highest BCUT2D eigenvalue weighted by Crippen LogP contribution is 2.53. The number of carbonyl (C=O) groups excluding carboxylic acids is 3. The van der Waals surface area contributed by atoms with Crippen LogP contribution in [0.3, 0.4) is 0 Å². The highest BCUT2D eigenvalue weighted by Gasteiger charge is 2.51. The van der Waals surface area contributed by atoms with Crippen molar-refractivity contribution < 1.29 is 23.7 Å². The quantitative estimate of drug-likeness (QED) is 0.533. The maximum absolute atomic E-state index is 14.1. The van der Waals surface area contributed by atoms with Crippen LogP contribution < -0.4 is 5.30 Å². The van der Waals surface area contributed by atoms with Gasteiger partial charge in [-0.05, 0) is 45.7 Å². The number of aryl methyl sites for hydroxylation is 3. The summed E-state index contributed by atoms with van der Waals surface area (Å²) in [6, 6.07) is 11.6. The van der Waals surface area contributed by atoms with Crippen LogP contribution in [0.25, 0.3) is 0 Å². The van der Waals surface area contributed by atoms with Gasteiger partial charge in [0.2, 0.25) is 18.2 Å². The molecule has 1 atom stereocenters. The molecule has 0 saturated carbocycles. The van der Waals surface area contributed by atoms with Crippen LogP contribution in [0.2, 0.25) is 0 Å². The number of carbonyl (C=O) groups is 3. The van der Waals surface area contributed by atoms with Gasteiger partial charge in [0, 0.05) is 17.8 Å². The first-order valence-electron chi connectivity index (χ1n) is 8.94. The number of benzene rings is 2. The second kappa shape index (κ2) is 7.84. The zero-order valence-electron chi connectivity index (χ0n) is 17.0. The summed E-state index contributed by atoms with van der Waals surface area (Å²) in [5, 5.41) is 0.129. The van der Waals surface area contributed by atoms with Gasteiger partial charge in [-0.1, -0.05) is 48.0 Å². The lowest BCUT2D eigenvalue weighted by molar-refractivity contribution is -0.158. The zero-order chi connectivity index (χ0) is 21.3. The number of hydrogen-bond acceptors (Lipinski definition) is 5. The van der Waals surface area contributed by atoms with E-state index in [1.165, 1.54) is 32.9 Å². The molecule has 0 bridgehead atoms. The van der Waals surface area contributed by atoms with Crippen molar-refractivity contribution in [1.82, 2.24) is 0 Å². The molecule has 2 rings (SSSR count). The molecule has 28 heavy (non-hydrogen) atoms. The van der Waals surface area contributed by atoms with Crippen molar-refractivity contribution in [2.45, 2.75) is 47.1 Å². The summed E-state index contributed by atoms with van der Waals surface area (Å²) in [4.78, 5) is 38.4. The Kier molecular flexibility index (Phi) is 6.10. The third kappa shape index (κ3) is 4.00. The molecule has 0 radical (unpaired) electrons. The molecule has 2 aromatic carbocycles. The van der Waals surface area contributed by atoms with Gasteiger partial charge in [-0.15, -0.1) is 0 Å². The first-order valence-corrected chi connectivity index (χ1v) is 10.6. The molecule has 0 fully saturated rings. The molecule has 148 valence electrons. The maximum atomic E-state index is 14.1. The van der Waals surface area contributed by atoms with Gasteiger partial charge in [-0.25, -0.2) is 0 Å². The van der Waals surface area contributed by atoms with Crippen LogP contribution >= 0.6 is 7.14 Å². The van der Waals surface area contributed by atoms with Gasteiger partial charge in [-0.2, -0.15) is 0 Å². The van der Waals surface area contributed by atoms with Gasteiger partial charge in [0.25, 0.3) is 0 Å². The van der Waals surface area contributed by atoms with Gasteiger partial charge >= 0.3 is 5.97 Å². The first kappa shape index (κ1) is 21.8. The Hall–Kier alpha value is -2.52. The normalized spacial score (nSPS) is 13.5. The van der Waals surface area contributed by atoms with E-state index in [-0.39, 0.29) is 10.9 Å². The summed E-state index contributed by atoms with van der Waals surface area (Å²) in [6.07, 6.45) is 0. The Morgan fingerprint density at radius 3 is 1.89 bits per heavy atom. The predicted octanol–water partition coefficient (Wildman–Crippen LogP) is 4.31. The molecule has 0 spiro atoms. The zero-order valence-corrected chi connectivity index (χ0v) is 17.9. The van der Waals surface area contributed by atoms with Crippen molar-refractivity contribution in [1.29, 1.82) is 0 Å². The molecule has 0 N–H and O–H groups in total. The van der Waals surface area contributed by atoms with Crippen LogP contribution in [0, 0.1) is 20.8 Å². The SMILES string of the molecule is CC(=O)OC(C)(C)C(=O)P(=O)(C(=O)c1c(C)cc(C)cc1C)c1ccccc1. The molecule has 0 aliphatic rings. The first-order chi connectivity index (χ1) is 12.9. The minimum Gasteiger partial charge on any atom is -0.451 e. The average Bonchev–Trinajstić information content (AvgIpc) is 2.59. The fourth-order valence-electron chi connectivity index (χ4n) is 3.42. The van der Waals surface area contributed by atoms with E-state index in [1.54, 1.807) is 32.0 Å². The van der Waals surface area contributed by atoms with Crippen molar-refractivity contribution in [3.63, 3.8) is 0 Å². The topological polar surface area (TPSA) is 77.5 Å². The third-order valence-electron chi connectivity index (χ3n) is 4.50. The molecule has 0 heterocycles. The molecule has 6 heteroatoms. The second-order valence-electron chi connectivity index (χ2n) is 7.43. The average molecular weight is 400 g/mol. The van der Waals surface area contributed by atoms with Crippen molar-refractivity contribution in [2.75, 3.05) is 0 Å². The molecule has 0 amide bonds. The second-order valence-corrected chi connectivity index (χ2v) is 9.98. The molecule has 0 saturated heterocycles. The minimum absolute atomic E-state index is 0.129. The third-order valence-corrected chi connectivity index (χ3v) is 7.43. The molecule has 0 aliphatic heterocycles. The Balaban J connectivity index is 2.75. The Morgan fingerprint density at radius 1 is 0.929 bits per heavy atom. The lowest BCUT2D eigenvalue weighted by atomic mass is 10.0. The van der Waals surface area contributed by atoms with E-state index in [0.29, 0.717) is 11.1 Å². The highest BCUT2D eigenvalue weighted by molar-refractivity contribution is 8.00. The van der Waals surface area contributed by atoms with Crippen molar-refractivity contribution in [3.05, 3.63) is 64.7 Å². The fourth-order valence-corrected chi connectivity index (χ4v) is 6.14. The summed E-state index contributed by atoms with van der Waals surface area (Å²) in [5.41, 5.74) is -0.810. The van der Waals surface area contributed by atoms with Gasteiger partial charge < -0.3 is 9.30 Å². The van der Waals surface area contributed by atoms with Crippen molar-refractivity contribution >= 4 is 29.5 Å². The van der Waals surface area contributed by atoms with E-state index >= 15 is 0 Å². The van der Waals surface area contributed by atoms with E-state index in [0.717, 1.165) is 5.56 Å². The number of esters is 1. The molecule has 1 unspecified atom stereocenters. The van der Waals surface area contributed by atoms with E-state index in [2.05, 4.69) is 0 Å². The molecule has 0 aliphatic carbocycles. The van der Waals surface area contributed by atoms with Crippen LogP contribution in [0.4, 0.5) is 0 Å². The van der Waals surface area contributed by atoms with Gasteiger partial charge in [0.05, 0.1) is 0 Å². The van der Waals surface area contributed by atoms with Crippen LogP contribution in [-0.4, -0.2) is 22.6 Å². The van der Waals surface area contributed by atoms with Crippen molar-refractivity contribution in [2.24, 2.45) is 0 Å². The Bertz CT molecular complexity index is 966.